The number of pyridine rings is 1. The first-order chi connectivity index (χ1) is 13.9. The van der Waals surface area contributed by atoms with E-state index in [2.05, 4.69) is 27.6 Å². The Kier molecular flexibility index (Phi) is 5.38. The van der Waals surface area contributed by atoms with Crippen LogP contribution in [0.25, 0.3) is 0 Å². The van der Waals surface area contributed by atoms with E-state index >= 15 is 0 Å². The second kappa shape index (κ2) is 7.82. The molecule has 0 atom stereocenters. The van der Waals surface area contributed by atoms with E-state index in [0.717, 1.165) is 23.7 Å². The van der Waals surface area contributed by atoms with Gasteiger partial charge in [0.2, 0.25) is 5.91 Å². The molecule has 1 aliphatic carbocycles. The van der Waals surface area contributed by atoms with E-state index in [4.69, 9.17) is 11.6 Å². The van der Waals surface area contributed by atoms with Crippen LogP contribution in [0, 0.1) is 11.8 Å². The standard InChI is InChI=1S/C20H26ClN5O3/c1-13-4-8-20(9-5-13)18(28)26(19(29)23-20)24-17(27)14-6-10-25(11-7-14)16-3-2-15(21)12-22-16/h2-3,12-14H,4-11H2,1H3,(H,23,29)(H,24,27). The zero-order chi connectivity index (χ0) is 20.6. The summed E-state index contributed by atoms with van der Waals surface area (Å²) in [4.78, 5) is 44.4. The molecule has 3 heterocycles. The molecule has 156 valence electrons. The van der Waals surface area contributed by atoms with Gasteiger partial charge in [-0.3, -0.25) is 15.0 Å². The van der Waals surface area contributed by atoms with Gasteiger partial charge < -0.3 is 10.2 Å². The number of hydrogen-bond acceptors (Lipinski definition) is 5. The quantitative estimate of drug-likeness (QED) is 0.734. The molecule has 8 nitrogen and oxygen atoms in total. The fourth-order valence-electron chi connectivity index (χ4n) is 4.44. The zero-order valence-corrected chi connectivity index (χ0v) is 17.2. The first kappa shape index (κ1) is 19.9. The number of halogens is 1. The second-order valence-corrected chi connectivity index (χ2v) is 8.84. The van der Waals surface area contributed by atoms with Crippen molar-refractivity contribution in [1.82, 2.24) is 20.7 Å². The van der Waals surface area contributed by atoms with Gasteiger partial charge in [0, 0.05) is 25.2 Å². The lowest BCUT2D eigenvalue weighted by Gasteiger charge is -2.34. The minimum atomic E-state index is -0.847. The fourth-order valence-corrected chi connectivity index (χ4v) is 4.55. The van der Waals surface area contributed by atoms with E-state index in [0.29, 0.717) is 49.7 Å². The number of anilines is 1. The monoisotopic (exact) mass is 419 g/mol. The van der Waals surface area contributed by atoms with E-state index in [-0.39, 0.29) is 17.7 Å². The average Bonchev–Trinajstić information content (AvgIpc) is 2.95. The summed E-state index contributed by atoms with van der Waals surface area (Å²) in [7, 11) is 0. The van der Waals surface area contributed by atoms with E-state index in [1.54, 1.807) is 12.3 Å². The predicted molar refractivity (Wildman–Crippen MR) is 108 cm³/mol. The normalized spacial score (nSPS) is 28.0. The number of nitrogens with zero attached hydrogens (tertiary/aromatic N) is 3. The highest BCUT2D eigenvalue weighted by Gasteiger charge is 2.53. The number of hydrazine groups is 1. The van der Waals surface area contributed by atoms with Crippen LogP contribution in [-0.2, 0) is 9.59 Å². The molecule has 0 unspecified atom stereocenters. The summed E-state index contributed by atoms with van der Waals surface area (Å²) < 4.78 is 0. The van der Waals surface area contributed by atoms with Gasteiger partial charge in [0.1, 0.15) is 11.4 Å². The lowest BCUT2D eigenvalue weighted by Crippen LogP contribution is -2.53. The van der Waals surface area contributed by atoms with Crippen LogP contribution in [0.15, 0.2) is 18.3 Å². The average molecular weight is 420 g/mol. The van der Waals surface area contributed by atoms with Crippen LogP contribution in [0.1, 0.15) is 45.4 Å². The Morgan fingerprint density at radius 2 is 1.90 bits per heavy atom. The van der Waals surface area contributed by atoms with Crippen molar-refractivity contribution < 1.29 is 14.4 Å². The summed E-state index contributed by atoms with van der Waals surface area (Å²) in [5.74, 6) is 0.524. The van der Waals surface area contributed by atoms with Crippen molar-refractivity contribution in [3.8, 4) is 0 Å². The third kappa shape index (κ3) is 3.90. The molecule has 0 aromatic carbocycles. The Morgan fingerprint density at radius 1 is 1.21 bits per heavy atom. The summed E-state index contributed by atoms with van der Waals surface area (Å²) in [5, 5.41) is 4.31. The summed E-state index contributed by atoms with van der Waals surface area (Å²) in [6.45, 7) is 3.50. The van der Waals surface area contributed by atoms with Gasteiger partial charge in [-0.25, -0.2) is 9.78 Å². The Balaban J connectivity index is 1.33. The number of urea groups is 1. The number of nitrogens with one attached hydrogen (secondary N) is 2. The first-order valence-corrected chi connectivity index (χ1v) is 10.6. The highest BCUT2D eigenvalue weighted by molar-refractivity contribution is 6.30. The Labute approximate surface area is 174 Å². The van der Waals surface area contributed by atoms with E-state index < -0.39 is 11.6 Å². The molecule has 4 amide bonds. The van der Waals surface area contributed by atoms with Crippen molar-refractivity contribution in [2.45, 2.75) is 51.0 Å². The highest BCUT2D eigenvalue weighted by Crippen LogP contribution is 2.36. The van der Waals surface area contributed by atoms with Crippen LogP contribution in [-0.4, -0.2) is 46.5 Å². The SMILES string of the molecule is CC1CCC2(CC1)NC(=O)N(NC(=O)C1CCN(c3ccc(Cl)cn3)CC1)C2=O. The van der Waals surface area contributed by atoms with Crippen molar-refractivity contribution in [3.05, 3.63) is 23.4 Å². The van der Waals surface area contributed by atoms with Gasteiger partial charge in [-0.1, -0.05) is 18.5 Å². The van der Waals surface area contributed by atoms with Gasteiger partial charge in [0.05, 0.1) is 5.02 Å². The molecule has 2 saturated heterocycles. The second-order valence-electron chi connectivity index (χ2n) is 8.41. The number of imide groups is 1. The summed E-state index contributed by atoms with van der Waals surface area (Å²) in [6, 6.07) is 3.13. The molecule has 4 rings (SSSR count). The number of amides is 4. The molecule has 29 heavy (non-hydrogen) atoms. The van der Waals surface area contributed by atoms with Crippen molar-refractivity contribution in [2.75, 3.05) is 18.0 Å². The maximum atomic E-state index is 12.9. The molecule has 3 fully saturated rings. The molecular weight excluding hydrogens is 394 g/mol. The number of carbonyl (C=O) groups is 3. The lowest BCUT2D eigenvalue weighted by molar-refractivity contribution is -0.141. The molecule has 2 aliphatic heterocycles. The third-order valence-corrected chi connectivity index (χ3v) is 6.64. The van der Waals surface area contributed by atoms with Crippen LogP contribution in [0.4, 0.5) is 10.6 Å². The van der Waals surface area contributed by atoms with Gasteiger partial charge in [0.25, 0.3) is 5.91 Å². The number of carbonyl (C=O) groups excluding carboxylic acids is 3. The van der Waals surface area contributed by atoms with E-state index in [1.807, 2.05) is 6.07 Å². The molecular formula is C20H26ClN5O3. The Hall–Kier alpha value is -2.35. The third-order valence-electron chi connectivity index (χ3n) is 6.41. The van der Waals surface area contributed by atoms with Gasteiger partial charge in [0.15, 0.2) is 0 Å². The molecule has 3 aliphatic rings. The summed E-state index contributed by atoms with van der Waals surface area (Å²) in [5.41, 5.74) is 1.73. The van der Waals surface area contributed by atoms with Crippen LogP contribution in [0.5, 0.6) is 0 Å². The topological polar surface area (TPSA) is 94.6 Å². The van der Waals surface area contributed by atoms with Gasteiger partial charge in [-0.05, 0) is 56.6 Å². The molecule has 1 spiro atoms. The molecule has 1 aromatic heterocycles. The van der Waals surface area contributed by atoms with Gasteiger partial charge in [-0.15, -0.1) is 0 Å². The van der Waals surface area contributed by atoms with Crippen LogP contribution < -0.4 is 15.6 Å². The summed E-state index contributed by atoms with van der Waals surface area (Å²) in [6.07, 6.45) is 5.89. The van der Waals surface area contributed by atoms with Gasteiger partial charge >= 0.3 is 6.03 Å². The minimum absolute atomic E-state index is 0.248. The molecule has 0 bridgehead atoms. The highest BCUT2D eigenvalue weighted by atomic mass is 35.5. The number of piperidine rings is 1. The van der Waals surface area contributed by atoms with Crippen LogP contribution in [0.2, 0.25) is 5.02 Å². The van der Waals surface area contributed by atoms with E-state index in [1.165, 1.54) is 0 Å². The lowest BCUT2D eigenvalue weighted by atomic mass is 9.77. The van der Waals surface area contributed by atoms with E-state index in [9.17, 15) is 14.4 Å². The molecule has 2 N–H and O–H groups in total. The van der Waals surface area contributed by atoms with Crippen molar-refractivity contribution in [1.29, 1.82) is 0 Å². The smallest absolute Gasteiger partial charge is 0.344 e. The zero-order valence-electron chi connectivity index (χ0n) is 16.5. The maximum Gasteiger partial charge on any atom is 0.344 e. The Morgan fingerprint density at radius 3 is 2.52 bits per heavy atom. The molecule has 1 saturated carbocycles. The van der Waals surface area contributed by atoms with Crippen LogP contribution in [0.3, 0.4) is 0 Å². The maximum absolute atomic E-state index is 12.9. The molecule has 1 aromatic rings. The largest absolute Gasteiger partial charge is 0.357 e. The number of aromatic nitrogens is 1. The molecule has 0 radical (unpaired) electrons. The van der Waals surface area contributed by atoms with Crippen molar-refractivity contribution >= 4 is 35.3 Å². The number of rotatable bonds is 3. The van der Waals surface area contributed by atoms with Crippen molar-refractivity contribution in [3.63, 3.8) is 0 Å². The Bertz CT molecular complexity index is 799. The molecule has 9 heteroatoms. The van der Waals surface area contributed by atoms with Crippen molar-refractivity contribution in [2.24, 2.45) is 11.8 Å². The predicted octanol–water partition coefficient (Wildman–Crippen LogP) is 2.48. The van der Waals surface area contributed by atoms with Crippen LogP contribution >= 0.6 is 11.6 Å². The summed E-state index contributed by atoms with van der Waals surface area (Å²) >= 11 is 5.88. The first-order valence-electron chi connectivity index (χ1n) is 10.2. The fraction of sp³-hybridized carbons (Fsp3) is 0.600. The number of hydrogen-bond donors (Lipinski definition) is 2. The van der Waals surface area contributed by atoms with Gasteiger partial charge in [-0.2, -0.15) is 5.01 Å². The minimum Gasteiger partial charge on any atom is -0.357 e.